The van der Waals surface area contributed by atoms with Gasteiger partial charge in [-0.3, -0.25) is 4.90 Å². The number of fused-ring (bicyclic) bond motifs is 2. The van der Waals surface area contributed by atoms with Crippen LogP contribution in [-0.2, 0) is 4.74 Å². The zero-order valence-corrected chi connectivity index (χ0v) is 18.2. The highest BCUT2D eigenvalue weighted by molar-refractivity contribution is 5.93. The van der Waals surface area contributed by atoms with Crippen LogP contribution in [0.4, 0.5) is 25.1 Å². The quantitative estimate of drug-likeness (QED) is 0.621. The standard InChI is InChI=1S/C23H23F2N5O3/c1-13-17(11-29-21-20(13)27-5-6-32-21)16-7-14-9-19(28-10-15(14)8-18(16)24)30(2)22(31)33-23(25)3-4-26-12-23/h7-11,26-27H,3-6,12H2,1-2H3. The van der Waals surface area contributed by atoms with Gasteiger partial charge in [0.25, 0.3) is 5.85 Å². The van der Waals surface area contributed by atoms with Crippen molar-refractivity contribution < 1.29 is 23.0 Å². The Bertz CT molecular complexity index is 1250. The minimum absolute atomic E-state index is 0.0472. The van der Waals surface area contributed by atoms with Crippen LogP contribution in [-0.4, -0.2) is 55.2 Å². The summed E-state index contributed by atoms with van der Waals surface area (Å²) in [7, 11) is 1.45. The van der Waals surface area contributed by atoms with E-state index in [1.807, 2.05) is 6.92 Å². The van der Waals surface area contributed by atoms with Gasteiger partial charge in [-0.15, -0.1) is 0 Å². The average molecular weight is 455 g/mol. The minimum Gasteiger partial charge on any atom is -0.474 e. The zero-order valence-electron chi connectivity index (χ0n) is 18.2. The fourth-order valence-corrected chi connectivity index (χ4v) is 4.08. The molecule has 10 heteroatoms. The minimum atomic E-state index is -2.03. The summed E-state index contributed by atoms with van der Waals surface area (Å²) in [5.74, 6) is -1.69. The van der Waals surface area contributed by atoms with Crippen molar-refractivity contribution >= 4 is 28.4 Å². The van der Waals surface area contributed by atoms with Gasteiger partial charge in [-0.2, -0.15) is 4.39 Å². The van der Waals surface area contributed by atoms with Crippen molar-refractivity contribution in [2.45, 2.75) is 19.2 Å². The summed E-state index contributed by atoms with van der Waals surface area (Å²) in [5.41, 5.74) is 2.57. The number of hydrogen-bond donors (Lipinski definition) is 2. The normalized spacial score (nSPS) is 19.5. The summed E-state index contributed by atoms with van der Waals surface area (Å²) in [4.78, 5) is 22.2. The number of ether oxygens (including phenoxy) is 2. The maximum absolute atomic E-state index is 15.0. The molecule has 2 aromatic heterocycles. The van der Waals surface area contributed by atoms with Gasteiger partial charge in [0, 0.05) is 55.5 Å². The van der Waals surface area contributed by atoms with E-state index in [0.717, 1.165) is 16.2 Å². The third-order valence-corrected chi connectivity index (χ3v) is 5.98. The van der Waals surface area contributed by atoms with E-state index in [1.165, 1.54) is 19.3 Å². The molecule has 0 saturated carbocycles. The molecule has 1 atom stereocenters. The van der Waals surface area contributed by atoms with Crippen molar-refractivity contribution in [3.05, 3.63) is 42.0 Å². The molecule has 1 aromatic carbocycles. The Morgan fingerprint density at radius 2 is 2.03 bits per heavy atom. The van der Waals surface area contributed by atoms with E-state index >= 15 is 4.39 Å². The highest BCUT2D eigenvalue weighted by atomic mass is 19.2. The largest absolute Gasteiger partial charge is 0.474 e. The van der Waals surface area contributed by atoms with E-state index < -0.39 is 17.8 Å². The SMILES string of the molecule is Cc1c(-c2cc3cc(N(C)C(=O)OC4(F)CCNC4)ncc3cc2F)cnc2c1NCCO2. The van der Waals surface area contributed by atoms with Crippen molar-refractivity contribution in [2.75, 3.05) is 43.5 Å². The number of aromatic nitrogens is 2. The second-order valence-electron chi connectivity index (χ2n) is 8.21. The van der Waals surface area contributed by atoms with Crippen LogP contribution in [0.2, 0.25) is 0 Å². The summed E-state index contributed by atoms with van der Waals surface area (Å²) in [6, 6.07) is 4.72. The number of carbonyl (C=O) groups excluding carboxylic acids is 1. The van der Waals surface area contributed by atoms with Gasteiger partial charge in [0.2, 0.25) is 5.88 Å². The Labute approximate surface area is 188 Å². The lowest BCUT2D eigenvalue weighted by molar-refractivity contribution is -0.0747. The number of benzene rings is 1. The Morgan fingerprint density at radius 1 is 1.18 bits per heavy atom. The maximum Gasteiger partial charge on any atom is 0.418 e. The third-order valence-electron chi connectivity index (χ3n) is 5.98. The summed E-state index contributed by atoms with van der Waals surface area (Å²) in [6.45, 7) is 3.44. The fourth-order valence-electron chi connectivity index (χ4n) is 4.08. The maximum atomic E-state index is 15.0. The van der Waals surface area contributed by atoms with Gasteiger partial charge in [-0.05, 0) is 36.1 Å². The fraction of sp³-hybridized carbons (Fsp3) is 0.348. The van der Waals surface area contributed by atoms with Gasteiger partial charge in [0.05, 0.1) is 6.54 Å². The lowest BCUT2D eigenvalue weighted by atomic mass is 9.98. The summed E-state index contributed by atoms with van der Waals surface area (Å²) < 4.78 is 40.2. The molecular weight excluding hydrogens is 432 g/mol. The van der Waals surface area contributed by atoms with E-state index in [1.54, 1.807) is 18.3 Å². The molecule has 8 nitrogen and oxygen atoms in total. The molecule has 1 saturated heterocycles. The number of nitrogens with zero attached hydrogens (tertiary/aromatic N) is 3. The molecule has 4 heterocycles. The molecule has 0 bridgehead atoms. The van der Waals surface area contributed by atoms with E-state index in [0.29, 0.717) is 47.5 Å². The number of amides is 1. The molecule has 3 aromatic rings. The van der Waals surface area contributed by atoms with Gasteiger partial charge >= 0.3 is 6.09 Å². The van der Waals surface area contributed by atoms with E-state index in [2.05, 4.69) is 20.6 Å². The van der Waals surface area contributed by atoms with Crippen LogP contribution in [0.25, 0.3) is 21.9 Å². The molecule has 2 aliphatic rings. The molecule has 33 heavy (non-hydrogen) atoms. The van der Waals surface area contributed by atoms with Crippen molar-refractivity contribution in [1.82, 2.24) is 15.3 Å². The second-order valence-corrected chi connectivity index (χ2v) is 8.21. The molecule has 1 amide bonds. The first-order valence-corrected chi connectivity index (χ1v) is 10.7. The number of hydrogen-bond acceptors (Lipinski definition) is 7. The lowest BCUT2D eigenvalue weighted by Crippen LogP contribution is -2.38. The Hall–Kier alpha value is -3.53. The van der Waals surface area contributed by atoms with Gasteiger partial charge in [-0.25, -0.2) is 19.2 Å². The Kier molecular flexibility index (Phi) is 5.24. The predicted molar refractivity (Wildman–Crippen MR) is 120 cm³/mol. The number of anilines is 2. The van der Waals surface area contributed by atoms with Gasteiger partial charge in [0.1, 0.15) is 23.9 Å². The smallest absolute Gasteiger partial charge is 0.418 e. The van der Waals surface area contributed by atoms with Crippen molar-refractivity contribution in [2.24, 2.45) is 0 Å². The highest BCUT2D eigenvalue weighted by Crippen LogP contribution is 2.37. The number of pyridine rings is 2. The van der Waals surface area contributed by atoms with Gasteiger partial charge in [-0.1, -0.05) is 0 Å². The van der Waals surface area contributed by atoms with Crippen molar-refractivity contribution in [3.63, 3.8) is 0 Å². The van der Waals surface area contributed by atoms with Crippen molar-refractivity contribution in [3.8, 4) is 17.0 Å². The van der Waals surface area contributed by atoms with Crippen LogP contribution in [0.1, 0.15) is 12.0 Å². The van der Waals surface area contributed by atoms with Crippen LogP contribution in [0, 0.1) is 12.7 Å². The highest BCUT2D eigenvalue weighted by Gasteiger charge is 2.38. The number of alkyl halides is 1. The van der Waals surface area contributed by atoms with Gasteiger partial charge < -0.3 is 20.1 Å². The first-order valence-electron chi connectivity index (χ1n) is 10.7. The predicted octanol–water partition coefficient (Wildman–Crippen LogP) is 3.78. The Balaban J connectivity index is 1.49. The van der Waals surface area contributed by atoms with Crippen LogP contribution >= 0.6 is 0 Å². The molecular formula is C23H23F2N5O3. The molecule has 2 N–H and O–H groups in total. The molecule has 5 rings (SSSR count). The second kappa shape index (κ2) is 8.11. The number of halogens is 2. The molecule has 1 fully saturated rings. The van der Waals surface area contributed by atoms with Crippen LogP contribution in [0.5, 0.6) is 5.88 Å². The summed E-state index contributed by atoms with van der Waals surface area (Å²) in [5, 5.41) is 7.31. The van der Waals surface area contributed by atoms with Gasteiger partial charge in [0.15, 0.2) is 0 Å². The number of carbonyl (C=O) groups is 1. The molecule has 2 aliphatic heterocycles. The third kappa shape index (κ3) is 3.91. The lowest BCUT2D eigenvalue weighted by Gasteiger charge is -2.23. The van der Waals surface area contributed by atoms with E-state index in [-0.39, 0.29) is 18.8 Å². The zero-order chi connectivity index (χ0) is 23.2. The van der Waals surface area contributed by atoms with Crippen LogP contribution in [0.3, 0.4) is 0 Å². The number of rotatable bonds is 3. The topological polar surface area (TPSA) is 88.6 Å². The average Bonchev–Trinajstić information content (AvgIpc) is 3.24. The van der Waals surface area contributed by atoms with E-state index in [4.69, 9.17) is 9.47 Å². The van der Waals surface area contributed by atoms with Crippen LogP contribution in [0.15, 0.2) is 30.6 Å². The molecule has 0 aliphatic carbocycles. The van der Waals surface area contributed by atoms with Crippen LogP contribution < -0.4 is 20.3 Å². The molecule has 0 spiro atoms. The number of nitrogens with one attached hydrogen (secondary N) is 2. The summed E-state index contributed by atoms with van der Waals surface area (Å²) >= 11 is 0. The molecule has 0 radical (unpaired) electrons. The monoisotopic (exact) mass is 455 g/mol. The molecule has 1 unspecified atom stereocenters. The van der Waals surface area contributed by atoms with E-state index in [9.17, 15) is 9.18 Å². The van der Waals surface area contributed by atoms with Crippen molar-refractivity contribution in [1.29, 1.82) is 0 Å². The Morgan fingerprint density at radius 3 is 2.82 bits per heavy atom. The molecule has 172 valence electrons. The first kappa shape index (κ1) is 21.3. The first-order chi connectivity index (χ1) is 15.8. The summed E-state index contributed by atoms with van der Waals surface area (Å²) in [6.07, 6.45) is 2.30.